The monoisotopic (exact) mass is 289 g/mol. The zero-order valence-electron chi connectivity index (χ0n) is 12.3. The third-order valence-electron chi connectivity index (χ3n) is 3.19. The topological polar surface area (TPSA) is 90.4 Å². The quantitative estimate of drug-likeness (QED) is 0.881. The molecule has 0 fully saturated rings. The third-order valence-corrected chi connectivity index (χ3v) is 3.19. The van der Waals surface area contributed by atoms with Crippen molar-refractivity contribution in [3.8, 4) is 17.1 Å². The minimum atomic E-state index is -0.551. The summed E-state index contributed by atoms with van der Waals surface area (Å²) < 4.78 is 10.6. The van der Waals surface area contributed by atoms with E-state index in [1.165, 1.54) is 6.39 Å². The van der Waals surface area contributed by atoms with Gasteiger partial charge in [-0.15, -0.1) is 0 Å². The van der Waals surface area contributed by atoms with Crippen molar-refractivity contribution >= 4 is 11.6 Å². The van der Waals surface area contributed by atoms with E-state index in [0.29, 0.717) is 17.2 Å². The molecule has 1 aromatic carbocycles. The van der Waals surface area contributed by atoms with Crippen molar-refractivity contribution in [1.82, 2.24) is 4.98 Å². The van der Waals surface area contributed by atoms with E-state index in [0.717, 1.165) is 5.56 Å². The standard InChI is InChI=1S/C15H19N3O3/c1-9(2)14(16)15(19)18-10-4-5-11(12(6-10)20-3)13-7-17-8-21-13/h4-9,14H,16H2,1-3H3,(H,18,19)/t14-/m1/s1. The molecule has 1 amide bonds. The SMILES string of the molecule is COc1cc(NC(=O)[C@H](N)C(C)C)ccc1-c1cnco1. The van der Waals surface area contributed by atoms with E-state index in [-0.39, 0.29) is 11.8 Å². The van der Waals surface area contributed by atoms with Gasteiger partial charge in [0.2, 0.25) is 5.91 Å². The summed E-state index contributed by atoms with van der Waals surface area (Å²) in [5.74, 6) is 1.03. The van der Waals surface area contributed by atoms with Crippen molar-refractivity contribution in [3.63, 3.8) is 0 Å². The number of nitrogens with zero attached hydrogens (tertiary/aromatic N) is 1. The van der Waals surface area contributed by atoms with Gasteiger partial charge < -0.3 is 20.2 Å². The lowest BCUT2D eigenvalue weighted by Gasteiger charge is -2.16. The first-order chi connectivity index (χ1) is 10.0. The molecule has 3 N–H and O–H groups in total. The maximum absolute atomic E-state index is 12.0. The van der Waals surface area contributed by atoms with E-state index < -0.39 is 6.04 Å². The Hall–Kier alpha value is -2.34. The largest absolute Gasteiger partial charge is 0.496 e. The smallest absolute Gasteiger partial charge is 0.241 e. The van der Waals surface area contributed by atoms with Crippen LogP contribution in [0.25, 0.3) is 11.3 Å². The summed E-state index contributed by atoms with van der Waals surface area (Å²) in [6.45, 7) is 3.80. The lowest BCUT2D eigenvalue weighted by Crippen LogP contribution is -2.39. The number of methoxy groups -OCH3 is 1. The number of nitrogens with one attached hydrogen (secondary N) is 1. The van der Waals surface area contributed by atoms with Crippen molar-refractivity contribution in [1.29, 1.82) is 0 Å². The molecule has 0 aliphatic heterocycles. The number of carbonyl (C=O) groups is 1. The highest BCUT2D eigenvalue weighted by molar-refractivity contribution is 5.95. The van der Waals surface area contributed by atoms with Crippen LogP contribution in [0.15, 0.2) is 35.2 Å². The Balaban J connectivity index is 2.22. The maximum Gasteiger partial charge on any atom is 0.241 e. The van der Waals surface area contributed by atoms with Crippen molar-refractivity contribution in [2.24, 2.45) is 11.7 Å². The predicted octanol–water partition coefficient (Wildman–Crippen LogP) is 2.27. The van der Waals surface area contributed by atoms with Gasteiger partial charge in [0.1, 0.15) is 5.75 Å². The highest BCUT2D eigenvalue weighted by Gasteiger charge is 2.18. The van der Waals surface area contributed by atoms with E-state index in [9.17, 15) is 4.79 Å². The number of aromatic nitrogens is 1. The van der Waals surface area contributed by atoms with Crippen LogP contribution >= 0.6 is 0 Å². The normalized spacial score (nSPS) is 12.2. The first kappa shape index (κ1) is 15.1. The van der Waals surface area contributed by atoms with Gasteiger partial charge in [0, 0.05) is 11.8 Å². The average Bonchev–Trinajstić information content (AvgIpc) is 3.00. The van der Waals surface area contributed by atoms with Crippen LogP contribution in [0.5, 0.6) is 5.75 Å². The van der Waals surface area contributed by atoms with Gasteiger partial charge in [0.05, 0.1) is 24.9 Å². The highest BCUT2D eigenvalue weighted by Crippen LogP contribution is 2.32. The number of carbonyl (C=O) groups excluding carboxylic acids is 1. The van der Waals surface area contributed by atoms with Crippen LogP contribution in [0.3, 0.4) is 0 Å². The average molecular weight is 289 g/mol. The summed E-state index contributed by atoms with van der Waals surface area (Å²) in [5, 5.41) is 2.78. The molecule has 0 radical (unpaired) electrons. The van der Waals surface area contributed by atoms with Gasteiger partial charge in [-0.3, -0.25) is 4.79 Å². The molecule has 6 nitrogen and oxygen atoms in total. The van der Waals surface area contributed by atoms with E-state index in [2.05, 4.69) is 10.3 Å². The summed E-state index contributed by atoms with van der Waals surface area (Å²) in [4.78, 5) is 15.8. The van der Waals surface area contributed by atoms with Crippen molar-refractivity contribution in [2.75, 3.05) is 12.4 Å². The zero-order chi connectivity index (χ0) is 15.4. The van der Waals surface area contributed by atoms with Crippen LogP contribution in [-0.4, -0.2) is 24.0 Å². The Bertz CT molecular complexity index is 609. The van der Waals surface area contributed by atoms with Gasteiger partial charge in [-0.25, -0.2) is 4.98 Å². The molecule has 2 rings (SSSR count). The second-order valence-electron chi connectivity index (χ2n) is 5.04. The molecule has 2 aromatic rings. The van der Waals surface area contributed by atoms with Crippen LogP contribution in [0, 0.1) is 5.92 Å². The van der Waals surface area contributed by atoms with Crippen LogP contribution in [0.1, 0.15) is 13.8 Å². The molecule has 0 aliphatic carbocycles. The van der Waals surface area contributed by atoms with Crippen molar-refractivity contribution in [3.05, 3.63) is 30.8 Å². The fraction of sp³-hybridized carbons (Fsp3) is 0.333. The predicted molar refractivity (Wildman–Crippen MR) is 79.9 cm³/mol. The molecule has 0 unspecified atom stereocenters. The summed E-state index contributed by atoms with van der Waals surface area (Å²) in [5.41, 5.74) is 7.21. The molecule has 21 heavy (non-hydrogen) atoms. The molecule has 112 valence electrons. The lowest BCUT2D eigenvalue weighted by atomic mass is 10.0. The summed E-state index contributed by atoms with van der Waals surface area (Å²) in [7, 11) is 1.56. The zero-order valence-corrected chi connectivity index (χ0v) is 12.3. The minimum absolute atomic E-state index is 0.0698. The van der Waals surface area contributed by atoms with E-state index in [4.69, 9.17) is 14.9 Å². The number of benzene rings is 1. The molecule has 6 heteroatoms. The van der Waals surface area contributed by atoms with Gasteiger partial charge in [-0.05, 0) is 18.1 Å². The Kier molecular flexibility index (Phi) is 4.59. The van der Waals surface area contributed by atoms with Crippen LogP contribution in [0.4, 0.5) is 5.69 Å². The number of nitrogens with two attached hydrogens (primary N) is 1. The summed E-state index contributed by atoms with van der Waals surface area (Å²) in [6, 6.07) is 4.74. The summed E-state index contributed by atoms with van der Waals surface area (Å²) in [6.07, 6.45) is 2.96. The van der Waals surface area contributed by atoms with Gasteiger partial charge in [0.25, 0.3) is 0 Å². The van der Waals surface area contributed by atoms with Gasteiger partial charge in [-0.1, -0.05) is 13.8 Å². The second kappa shape index (κ2) is 6.41. The Morgan fingerprint density at radius 2 is 2.19 bits per heavy atom. The minimum Gasteiger partial charge on any atom is -0.496 e. The number of oxazole rings is 1. The van der Waals surface area contributed by atoms with Gasteiger partial charge in [-0.2, -0.15) is 0 Å². The fourth-order valence-electron chi connectivity index (χ4n) is 1.85. The Morgan fingerprint density at radius 1 is 1.43 bits per heavy atom. The lowest BCUT2D eigenvalue weighted by molar-refractivity contribution is -0.118. The molecule has 1 aromatic heterocycles. The molecular formula is C15H19N3O3. The van der Waals surface area contributed by atoms with E-state index in [1.807, 2.05) is 13.8 Å². The molecule has 0 aliphatic rings. The van der Waals surface area contributed by atoms with Gasteiger partial charge in [0.15, 0.2) is 12.2 Å². The number of rotatable bonds is 5. The summed E-state index contributed by atoms with van der Waals surface area (Å²) >= 11 is 0. The van der Waals surface area contributed by atoms with Crippen molar-refractivity contribution < 1.29 is 13.9 Å². The number of amides is 1. The molecule has 0 saturated carbocycles. The molecule has 1 atom stereocenters. The van der Waals surface area contributed by atoms with Crippen LogP contribution < -0.4 is 15.8 Å². The molecular weight excluding hydrogens is 270 g/mol. The second-order valence-corrected chi connectivity index (χ2v) is 5.04. The first-order valence-electron chi connectivity index (χ1n) is 6.66. The Morgan fingerprint density at radius 3 is 2.76 bits per heavy atom. The number of hydrogen-bond acceptors (Lipinski definition) is 5. The number of ether oxygens (including phenoxy) is 1. The van der Waals surface area contributed by atoms with E-state index >= 15 is 0 Å². The maximum atomic E-state index is 12.0. The fourth-order valence-corrected chi connectivity index (χ4v) is 1.85. The van der Waals surface area contributed by atoms with Crippen LogP contribution in [-0.2, 0) is 4.79 Å². The van der Waals surface area contributed by atoms with Crippen LogP contribution in [0.2, 0.25) is 0 Å². The Labute approximate surface area is 123 Å². The molecule has 0 saturated heterocycles. The number of hydrogen-bond donors (Lipinski definition) is 2. The van der Waals surface area contributed by atoms with Gasteiger partial charge >= 0.3 is 0 Å². The van der Waals surface area contributed by atoms with Crippen molar-refractivity contribution in [2.45, 2.75) is 19.9 Å². The van der Waals surface area contributed by atoms with E-state index in [1.54, 1.807) is 31.5 Å². The third kappa shape index (κ3) is 3.41. The molecule has 0 spiro atoms. The molecule has 0 bridgehead atoms. The number of anilines is 1. The highest BCUT2D eigenvalue weighted by atomic mass is 16.5. The molecule has 1 heterocycles. The first-order valence-corrected chi connectivity index (χ1v) is 6.66.